The highest BCUT2D eigenvalue weighted by Crippen LogP contribution is 2.46. The fourth-order valence-corrected chi connectivity index (χ4v) is 4.02. The molecule has 1 aromatic heterocycles. The number of carbonyl (C=O) groups is 1. The van der Waals surface area contributed by atoms with E-state index in [9.17, 15) is 4.79 Å². The first-order valence-corrected chi connectivity index (χ1v) is 7.46. The molecule has 4 nitrogen and oxygen atoms in total. The number of esters is 1. The van der Waals surface area contributed by atoms with Gasteiger partial charge in [-0.15, -0.1) is 0 Å². The topological polar surface area (TPSA) is 44.1 Å². The number of aromatic nitrogens is 2. The molecule has 0 aliphatic heterocycles. The highest BCUT2D eigenvalue weighted by atomic mass is 16.5. The van der Waals surface area contributed by atoms with Crippen LogP contribution < -0.4 is 4.74 Å². The van der Waals surface area contributed by atoms with Crippen molar-refractivity contribution in [2.45, 2.75) is 57.9 Å². The van der Waals surface area contributed by atoms with Gasteiger partial charge in [0, 0.05) is 13.0 Å². The Kier molecular flexibility index (Phi) is 3.58. The summed E-state index contributed by atoms with van der Waals surface area (Å²) in [6.45, 7) is 1.45. The van der Waals surface area contributed by atoms with Crippen LogP contribution in [0.25, 0.3) is 0 Å². The van der Waals surface area contributed by atoms with Gasteiger partial charge < -0.3 is 4.74 Å². The number of fused-ring (bicyclic) bond motifs is 1. The standard InChI is InChI=1S/C15H22N2O2/c1-11(18)19-15-9-16-10-17(15)14-8-4-6-12-5-2-3-7-13(12)14/h9-10,12-14H,2-8H2,1H3. The molecule has 104 valence electrons. The number of hydrogen-bond donors (Lipinski definition) is 0. The van der Waals surface area contributed by atoms with Gasteiger partial charge in [0.1, 0.15) is 0 Å². The van der Waals surface area contributed by atoms with Gasteiger partial charge in [0.25, 0.3) is 0 Å². The molecule has 0 spiro atoms. The number of imidazole rings is 1. The average molecular weight is 262 g/mol. The average Bonchev–Trinajstić information content (AvgIpc) is 2.85. The van der Waals surface area contributed by atoms with E-state index in [1.807, 2.05) is 6.33 Å². The third-order valence-corrected chi connectivity index (χ3v) is 4.77. The maximum atomic E-state index is 11.2. The number of nitrogens with zero attached hydrogens (tertiary/aromatic N) is 2. The maximum Gasteiger partial charge on any atom is 0.309 e. The zero-order valence-corrected chi connectivity index (χ0v) is 11.5. The largest absolute Gasteiger partial charge is 0.408 e. The fourth-order valence-electron chi connectivity index (χ4n) is 4.02. The summed E-state index contributed by atoms with van der Waals surface area (Å²) in [5.74, 6) is 1.95. The smallest absolute Gasteiger partial charge is 0.309 e. The summed E-state index contributed by atoms with van der Waals surface area (Å²) in [7, 11) is 0. The normalized spacial score (nSPS) is 30.7. The van der Waals surface area contributed by atoms with E-state index >= 15 is 0 Å². The van der Waals surface area contributed by atoms with Crippen molar-refractivity contribution in [3.8, 4) is 5.88 Å². The molecule has 3 rings (SSSR count). The van der Waals surface area contributed by atoms with Crippen LogP contribution in [0.15, 0.2) is 12.5 Å². The van der Waals surface area contributed by atoms with E-state index in [-0.39, 0.29) is 5.97 Å². The lowest BCUT2D eigenvalue weighted by molar-refractivity contribution is -0.132. The van der Waals surface area contributed by atoms with E-state index in [0.717, 1.165) is 11.8 Å². The predicted molar refractivity (Wildman–Crippen MR) is 71.9 cm³/mol. The fraction of sp³-hybridized carbons (Fsp3) is 0.733. The number of carbonyl (C=O) groups excluding carboxylic acids is 1. The second-order valence-electron chi connectivity index (χ2n) is 5.94. The molecule has 0 aromatic carbocycles. The Morgan fingerprint density at radius 2 is 2.05 bits per heavy atom. The molecule has 2 fully saturated rings. The number of ether oxygens (including phenoxy) is 1. The highest BCUT2D eigenvalue weighted by molar-refractivity contribution is 5.68. The summed E-state index contributed by atoms with van der Waals surface area (Å²) in [6.07, 6.45) is 12.7. The van der Waals surface area contributed by atoms with Crippen LogP contribution in [0, 0.1) is 11.8 Å². The summed E-state index contributed by atoms with van der Waals surface area (Å²) < 4.78 is 7.38. The van der Waals surface area contributed by atoms with E-state index in [1.54, 1.807) is 6.20 Å². The monoisotopic (exact) mass is 262 g/mol. The summed E-state index contributed by atoms with van der Waals surface area (Å²) in [5, 5.41) is 0. The molecule has 0 N–H and O–H groups in total. The second kappa shape index (κ2) is 5.35. The molecule has 1 aromatic rings. The van der Waals surface area contributed by atoms with Crippen LogP contribution in [0.2, 0.25) is 0 Å². The summed E-state index contributed by atoms with van der Waals surface area (Å²) >= 11 is 0. The van der Waals surface area contributed by atoms with Crippen molar-refractivity contribution >= 4 is 5.97 Å². The van der Waals surface area contributed by atoms with Crippen molar-refractivity contribution in [1.82, 2.24) is 9.55 Å². The number of hydrogen-bond acceptors (Lipinski definition) is 3. The van der Waals surface area contributed by atoms with E-state index in [2.05, 4.69) is 9.55 Å². The molecular weight excluding hydrogens is 240 g/mol. The zero-order valence-electron chi connectivity index (χ0n) is 11.5. The van der Waals surface area contributed by atoms with Crippen LogP contribution in [0.5, 0.6) is 5.88 Å². The minimum Gasteiger partial charge on any atom is -0.408 e. The van der Waals surface area contributed by atoms with Gasteiger partial charge in [0.05, 0.1) is 12.5 Å². The van der Waals surface area contributed by atoms with Crippen LogP contribution in [-0.4, -0.2) is 15.5 Å². The van der Waals surface area contributed by atoms with E-state index in [4.69, 9.17) is 4.74 Å². The van der Waals surface area contributed by atoms with Gasteiger partial charge in [-0.25, -0.2) is 4.98 Å². The lowest BCUT2D eigenvalue weighted by Gasteiger charge is -2.42. The molecular formula is C15H22N2O2. The molecule has 19 heavy (non-hydrogen) atoms. The molecule has 2 aliphatic rings. The molecule has 0 saturated heterocycles. The summed E-state index contributed by atoms with van der Waals surface area (Å²) in [5.41, 5.74) is 0. The molecule has 2 saturated carbocycles. The van der Waals surface area contributed by atoms with Crippen LogP contribution in [0.1, 0.15) is 57.9 Å². The Balaban J connectivity index is 1.83. The van der Waals surface area contributed by atoms with Crippen molar-refractivity contribution in [1.29, 1.82) is 0 Å². The quantitative estimate of drug-likeness (QED) is 0.768. The Morgan fingerprint density at radius 1 is 1.26 bits per heavy atom. The minimum absolute atomic E-state index is 0.266. The van der Waals surface area contributed by atoms with Crippen LogP contribution in [-0.2, 0) is 4.79 Å². The van der Waals surface area contributed by atoms with Crippen molar-refractivity contribution in [2.75, 3.05) is 0 Å². The number of rotatable bonds is 2. The van der Waals surface area contributed by atoms with Gasteiger partial charge in [-0.05, 0) is 24.7 Å². The van der Waals surface area contributed by atoms with Crippen LogP contribution in [0.4, 0.5) is 0 Å². The Labute approximate surface area is 114 Å². The first-order chi connectivity index (χ1) is 9.25. The van der Waals surface area contributed by atoms with Crippen molar-refractivity contribution in [3.63, 3.8) is 0 Å². The van der Waals surface area contributed by atoms with E-state index in [1.165, 1.54) is 51.9 Å². The van der Waals surface area contributed by atoms with Gasteiger partial charge in [-0.3, -0.25) is 9.36 Å². The minimum atomic E-state index is -0.266. The molecule has 0 amide bonds. The van der Waals surface area contributed by atoms with Crippen molar-refractivity contribution in [2.24, 2.45) is 11.8 Å². The molecule has 4 heteroatoms. The molecule has 0 bridgehead atoms. The third-order valence-electron chi connectivity index (χ3n) is 4.77. The molecule has 0 radical (unpaired) electrons. The molecule has 3 unspecified atom stereocenters. The third kappa shape index (κ3) is 2.53. The van der Waals surface area contributed by atoms with E-state index < -0.39 is 0 Å². The second-order valence-corrected chi connectivity index (χ2v) is 5.94. The zero-order chi connectivity index (χ0) is 13.2. The summed E-state index contributed by atoms with van der Waals surface area (Å²) in [4.78, 5) is 15.3. The molecule has 3 atom stereocenters. The van der Waals surface area contributed by atoms with Crippen molar-refractivity contribution < 1.29 is 9.53 Å². The Bertz CT molecular complexity index is 453. The first-order valence-electron chi connectivity index (χ1n) is 7.46. The van der Waals surface area contributed by atoms with Crippen molar-refractivity contribution in [3.05, 3.63) is 12.5 Å². The first kappa shape index (κ1) is 12.7. The summed E-state index contributed by atoms with van der Waals surface area (Å²) in [6, 6.07) is 0.468. The highest BCUT2D eigenvalue weighted by Gasteiger charge is 2.36. The van der Waals surface area contributed by atoms with Gasteiger partial charge in [-0.2, -0.15) is 0 Å². The van der Waals surface area contributed by atoms with Gasteiger partial charge in [0.2, 0.25) is 5.88 Å². The van der Waals surface area contributed by atoms with Gasteiger partial charge in [0.15, 0.2) is 0 Å². The SMILES string of the molecule is CC(=O)Oc1cncn1C1CCCC2CCCCC21. The molecule has 2 aliphatic carbocycles. The lowest BCUT2D eigenvalue weighted by Crippen LogP contribution is -2.32. The lowest BCUT2D eigenvalue weighted by atomic mass is 9.68. The van der Waals surface area contributed by atoms with E-state index in [0.29, 0.717) is 11.9 Å². The van der Waals surface area contributed by atoms with Gasteiger partial charge >= 0.3 is 5.97 Å². The molecule has 1 heterocycles. The Morgan fingerprint density at radius 3 is 2.89 bits per heavy atom. The predicted octanol–water partition coefficient (Wildman–Crippen LogP) is 3.34. The van der Waals surface area contributed by atoms with Crippen LogP contribution in [0.3, 0.4) is 0 Å². The van der Waals surface area contributed by atoms with Gasteiger partial charge in [-0.1, -0.05) is 32.1 Å². The van der Waals surface area contributed by atoms with Crippen LogP contribution >= 0.6 is 0 Å². The Hall–Kier alpha value is -1.32. The maximum absolute atomic E-state index is 11.2.